The molecule has 0 saturated carbocycles. The van der Waals surface area contributed by atoms with E-state index in [4.69, 9.17) is 4.74 Å². The number of rotatable bonds is 4. The molecule has 152 valence electrons. The van der Waals surface area contributed by atoms with Crippen molar-refractivity contribution in [1.82, 2.24) is 4.90 Å². The van der Waals surface area contributed by atoms with Crippen LogP contribution in [0.3, 0.4) is 0 Å². The lowest BCUT2D eigenvalue weighted by Gasteiger charge is -2.17. The first-order valence-corrected chi connectivity index (χ1v) is 11.1. The fourth-order valence-electron chi connectivity index (χ4n) is 3.85. The van der Waals surface area contributed by atoms with Crippen molar-refractivity contribution in [3.05, 3.63) is 81.9 Å². The molecule has 1 aliphatic carbocycles. The molecule has 2 aromatic carbocycles. The molecule has 0 bridgehead atoms. The second kappa shape index (κ2) is 9.93. The minimum atomic E-state index is 0.181. The lowest BCUT2D eigenvalue weighted by molar-refractivity contribution is -0.125. The van der Waals surface area contributed by atoms with Crippen LogP contribution in [0.15, 0.2) is 76.3 Å². The monoisotopic (exact) mass is 453 g/mol. The van der Waals surface area contributed by atoms with Gasteiger partial charge in [-0.2, -0.15) is 0 Å². The highest BCUT2D eigenvalue weighted by atomic mass is 79.9. The number of nitrogens with zero attached hydrogens (tertiary/aromatic N) is 1. The predicted octanol–water partition coefficient (Wildman–Crippen LogP) is 6.85. The normalized spacial score (nSPS) is 18.5. The zero-order chi connectivity index (χ0) is 20.8. The molecule has 2 aromatic rings. The van der Waals surface area contributed by atoms with Crippen LogP contribution in [-0.2, 0) is 11.3 Å². The fraction of sp³-hybridized carbons (Fsp3) is 0.320. The van der Waals surface area contributed by atoms with Crippen LogP contribution in [0.25, 0.3) is 0 Å². The van der Waals surface area contributed by atoms with Crippen LogP contribution in [-0.4, -0.2) is 17.4 Å². The molecule has 1 fully saturated rings. The maximum Gasteiger partial charge on any atom is 0.250 e. The van der Waals surface area contributed by atoms with Gasteiger partial charge in [-0.05, 0) is 65.7 Å². The molecule has 4 rings (SSSR count). The van der Waals surface area contributed by atoms with Crippen molar-refractivity contribution in [2.24, 2.45) is 5.92 Å². The average Bonchev–Trinajstić information content (AvgIpc) is 2.97. The molecule has 4 heteroatoms. The molecular formula is C25H28BrNO2. The van der Waals surface area contributed by atoms with Crippen LogP contribution in [0.4, 0.5) is 0 Å². The van der Waals surface area contributed by atoms with Gasteiger partial charge in [0.1, 0.15) is 11.5 Å². The zero-order valence-electron chi connectivity index (χ0n) is 17.3. The van der Waals surface area contributed by atoms with Gasteiger partial charge in [0.2, 0.25) is 0 Å². The Morgan fingerprint density at radius 2 is 1.69 bits per heavy atom. The molecule has 1 amide bonds. The molecule has 1 aliphatic heterocycles. The smallest absolute Gasteiger partial charge is 0.250 e. The van der Waals surface area contributed by atoms with E-state index >= 15 is 0 Å². The lowest BCUT2D eigenvalue weighted by atomic mass is 9.96. The minimum absolute atomic E-state index is 0.181. The number of amides is 1. The summed E-state index contributed by atoms with van der Waals surface area (Å²) in [6.07, 6.45) is 4.13. The predicted molar refractivity (Wildman–Crippen MR) is 122 cm³/mol. The number of benzene rings is 2. The minimum Gasteiger partial charge on any atom is -0.457 e. The van der Waals surface area contributed by atoms with Crippen molar-refractivity contribution in [2.45, 2.75) is 40.2 Å². The molecule has 0 aromatic heterocycles. The van der Waals surface area contributed by atoms with Gasteiger partial charge in [0, 0.05) is 24.6 Å². The van der Waals surface area contributed by atoms with Gasteiger partial charge in [-0.25, -0.2) is 0 Å². The van der Waals surface area contributed by atoms with Gasteiger partial charge in [-0.1, -0.05) is 60.1 Å². The van der Waals surface area contributed by atoms with Crippen molar-refractivity contribution < 1.29 is 9.53 Å². The molecule has 1 heterocycles. The molecule has 1 unspecified atom stereocenters. The number of ether oxygens (including phenoxy) is 1. The van der Waals surface area contributed by atoms with Crippen molar-refractivity contribution in [1.29, 1.82) is 0 Å². The molecule has 0 radical (unpaired) electrons. The highest BCUT2D eigenvalue weighted by Gasteiger charge is 2.36. The Morgan fingerprint density at radius 1 is 1.03 bits per heavy atom. The largest absolute Gasteiger partial charge is 0.457 e. The van der Waals surface area contributed by atoms with Gasteiger partial charge in [-0.15, -0.1) is 0 Å². The average molecular weight is 454 g/mol. The van der Waals surface area contributed by atoms with E-state index in [0.717, 1.165) is 47.6 Å². The van der Waals surface area contributed by atoms with Gasteiger partial charge in [0.25, 0.3) is 5.91 Å². The van der Waals surface area contributed by atoms with Crippen LogP contribution >= 0.6 is 15.9 Å². The Bertz CT molecular complexity index is 900. The molecule has 2 aliphatic rings. The van der Waals surface area contributed by atoms with Crippen LogP contribution in [0, 0.1) is 5.92 Å². The van der Waals surface area contributed by atoms with E-state index in [0.29, 0.717) is 12.5 Å². The lowest BCUT2D eigenvalue weighted by Crippen LogP contribution is -2.25. The van der Waals surface area contributed by atoms with Crippen LogP contribution < -0.4 is 4.74 Å². The summed E-state index contributed by atoms with van der Waals surface area (Å²) < 4.78 is 7.03. The summed E-state index contributed by atoms with van der Waals surface area (Å²) in [7, 11) is 0. The van der Waals surface area contributed by atoms with E-state index in [2.05, 4.69) is 22.0 Å². The Balaban J connectivity index is 0.00000117. The Kier molecular flexibility index (Phi) is 7.32. The topological polar surface area (TPSA) is 29.5 Å². The summed E-state index contributed by atoms with van der Waals surface area (Å²) >= 11 is 3.60. The van der Waals surface area contributed by atoms with Gasteiger partial charge in [-0.3, -0.25) is 4.79 Å². The standard InChI is InChI=1S/C23H22BrNO2.C2H6/c1-16-13-19(24)10-9-18-15-25(23(26)22(16)18)14-17-7-11-21(12-8-17)27-20-5-3-2-4-6-20;1-2/h2-8,11-13,18H,9-10,14-15H2,1H3;1-2H3. The number of carbonyl (C=O) groups excluding carboxylic acids is 1. The van der Waals surface area contributed by atoms with Crippen LogP contribution in [0.1, 0.15) is 39.2 Å². The summed E-state index contributed by atoms with van der Waals surface area (Å²) in [5.74, 6) is 2.14. The van der Waals surface area contributed by atoms with Crippen molar-refractivity contribution in [3.8, 4) is 11.5 Å². The SMILES string of the molecule is CC.CC1=C2C(=O)N(Cc3ccc(Oc4ccccc4)cc3)CC2CCC(Br)=C1. The second-order valence-corrected chi connectivity index (χ2v) is 8.19. The van der Waals surface area contributed by atoms with Crippen molar-refractivity contribution in [2.75, 3.05) is 6.54 Å². The number of carbonyl (C=O) groups is 1. The Morgan fingerprint density at radius 3 is 2.38 bits per heavy atom. The molecule has 29 heavy (non-hydrogen) atoms. The molecule has 1 saturated heterocycles. The fourth-order valence-corrected chi connectivity index (χ4v) is 4.42. The van der Waals surface area contributed by atoms with E-state index in [1.807, 2.05) is 80.3 Å². The van der Waals surface area contributed by atoms with E-state index in [-0.39, 0.29) is 5.91 Å². The quantitative estimate of drug-likeness (QED) is 0.506. The third-order valence-corrected chi connectivity index (χ3v) is 5.80. The molecule has 0 N–H and O–H groups in total. The maximum atomic E-state index is 12.9. The van der Waals surface area contributed by atoms with Gasteiger partial charge >= 0.3 is 0 Å². The van der Waals surface area contributed by atoms with E-state index in [1.165, 1.54) is 4.48 Å². The molecule has 1 atom stereocenters. The Hall–Kier alpha value is -2.33. The highest BCUT2D eigenvalue weighted by molar-refractivity contribution is 9.11. The number of allylic oxidation sites excluding steroid dienone is 3. The number of hydrogen-bond acceptors (Lipinski definition) is 2. The summed E-state index contributed by atoms with van der Waals surface area (Å²) in [6.45, 7) is 7.50. The number of halogens is 1. The number of para-hydroxylation sites is 1. The first-order chi connectivity index (χ1) is 14.1. The second-order valence-electron chi connectivity index (χ2n) is 7.17. The summed E-state index contributed by atoms with van der Waals surface area (Å²) in [6, 6.07) is 17.7. The number of fused-ring (bicyclic) bond motifs is 1. The summed E-state index contributed by atoms with van der Waals surface area (Å²) in [5, 5.41) is 0. The molecular weight excluding hydrogens is 426 g/mol. The Labute approximate surface area is 182 Å². The van der Waals surface area contributed by atoms with Crippen molar-refractivity contribution in [3.63, 3.8) is 0 Å². The van der Waals surface area contributed by atoms with Gasteiger partial charge in [0.05, 0.1) is 0 Å². The number of hydrogen-bond donors (Lipinski definition) is 0. The number of likely N-dealkylation sites (tertiary alicyclic amines) is 1. The first kappa shape index (κ1) is 21.4. The molecule has 0 spiro atoms. The van der Waals surface area contributed by atoms with E-state index < -0.39 is 0 Å². The highest BCUT2D eigenvalue weighted by Crippen LogP contribution is 2.37. The third kappa shape index (κ3) is 5.18. The third-order valence-electron chi connectivity index (χ3n) is 5.17. The zero-order valence-corrected chi connectivity index (χ0v) is 18.9. The van der Waals surface area contributed by atoms with Crippen LogP contribution in [0.2, 0.25) is 0 Å². The van der Waals surface area contributed by atoms with Crippen molar-refractivity contribution >= 4 is 21.8 Å². The van der Waals surface area contributed by atoms with Crippen LogP contribution in [0.5, 0.6) is 11.5 Å². The maximum absolute atomic E-state index is 12.9. The van der Waals surface area contributed by atoms with E-state index in [9.17, 15) is 4.79 Å². The van der Waals surface area contributed by atoms with Gasteiger partial charge in [0.15, 0.2) is 0 Å². The van der Waals surface area contributed by atoms with Gasteiger partial charge < -0.3 is 9.64 Å². The summed E-state index contributed by atoms with van der Waals surface area (Å²) in [4.78, 5) is 14.9. The first-order valence-electron chi connectivity index (χ1n) is 10.3. The summed E-state index contributed by atoms with van der Waals surface area (Å²) in [5.41, 5.74) is 3.21. The molecule has 3 nitrogen and oxygen atoms in total. The van der Waals surface area contributed by atoms with E-state index in [1.54, 1.807) is 0 Å².